The molecule has 0 fully saturated rings. The fourth-order valence-corrected chi connectivity index (χ4v) is 11.0. The molecule has 0 aliphatic rings. The van der Waals surface area contributed by atoms with Gasteiger partial charge >= 0.3 is 5.97 Å². The molecule has 0 aliphatic carbocycles. The van der Waals surface area contributed by atoms with Crippen LogP contribution in [0.5, 0.6) is 0 Å². The van der Waals surface area contributed by atoms with Gasteiger partial charge < -0.3 is 20.3 Å². The Hall–Kier alpha value is -1.92. The smallest absolute Gasteiger partial charge is 0.305 e. The van der Waals surface area contributed by atoms with E-state index < -0.39 is 12.1 Å². The van der Waals surface area contributed by atoms with Gasteiger partial charge in [-0.25, -0.2) is 0 Å². The van der Waals surface area contributed by atoms with Crippen LogP contribution >= 0.6 is 0 Å². The van der Waals surface area contributed by atoms with Crippen molar-refractivity contribution in [2.24, 2.45) is 0 Å². The highest BCUT2D eigenvalue weighted by Gasteiger charge is 2.18. The molecule has 0 aromatic rings. The molecule has 460 valence electrons. The number of nitrogens with one attached hydrogen (secondary N) is 1. The number of rotatable bonds is 66. The summed E-state index contributed by atoms with van der Waals surface area (Å²) in [6.45, 7) is 4.90. The number of hydrogen-bond donors (Lipinski definition) is 3. The molecule has 0 rings (SSSR count). The fraction of sp³-hybridized carbons (Fsp3) is 0.889. The number of aliphatic hydroxyl groups is 2. The molecule has 2 atom stereocenters. The molecule has 0 bridgehead atoms. The molecule has 0 aliphatic heterocycles. The zero-order chi connectivity index (χ0) is 56.4. The Labute approximate surface area is 487 Å². The zero-order valence-corrected chi connectivity index (χ0v) is 52.7. The second-order valence-corrected chi connectivity index (χ2v) is 24.2. The fourth-order valence-electron chi connectivity index (χ4n) is 11.0. The SMILES string of the molecule is CCCCCC/C=C\CCCCCCCC(=O)OCCCCCCCCCCCCCCCCCC/C=C\CCCCCCCCCCCCCCCCCCCC(=O)NC(CO)C(O)/C=C/CCCCCCCCCCC. The summed E-state index contributed by atoms with van der Waals surface area (Å²) in [4.78, 5) is 24.5. The first-order valence-electron chi connectivity index (χ1n) is 35.3. The predicted molar refractivity (Wildman–Crippen MR) is 343 cm³/mol. The van der Waals surface area contributed by atoms with Gasteiger partial charge in [-0.05, 0) is 83.5 Å². The first-order chi connectivity index (χ1) is 38.5. The summed E-state index contributed by atoms with van der Waals surface area (Å²) < 4.78 is 5.48. The Morgan fingerprint density at radius 3 is 0.923 bits per heavy atom. The van der Waals surface area contributed by atoms with Crippen LogP contribution in [0.2, 0.25) is 0 Å². The number of hydrogen-bond acceptors (Lipinski definition) is 5. The highest BCUT2D eigenvalue weighted by molar-refractivity contribution is 5.76. The molecule has 1 amide bonds. The van der Waals surface area contributed by atoms with Crippen LogP contribution < -0.4 is 5.32 Å². The van der Waals surface area contributed by atoms with Crippen LogP contribution in [-0.2, 0) is 14.3 Å². The van der Waals surface area contributed by atoms with Crippen molar-refractivity contribution in [3.63, 3.8) is 0 Å². The van der Waals surface area contributed by atoms with Gasteiger partial charge in [0.25, 0.3) is 0 Å². The van der Waals surface area contributed by atoms with E-state index in [1.54, 1.807) is 6.08 Å². The highest BCUT2D eigenvalue weighted by Crippen LogP contribution is 2.18. The summed E-state index contributed by atoms with van der Waals surface area (Å²) in [7, 11) is 0. The monoisotopic (exact) mass is 1100 g/mol. The number of aliphatic hydroxyl groups excluding tert-OH is 2. The van der Waals surface area contributed by atoms with Gasteiger partial charge in [-0.2, -0.15) is 0 Å². The van der Waals surface area contributed by atoms with Gasteiger partial charge in [-0.15, -0.1) is 0 Å². The Bertz CT molecular complexity index is 1260. The van der Waals surface area contributed by atoms with Gasteiger partial charge in [0.1, 0.15) is 0 Å². The molecule has 0 aromatic heterocycles. The van der Waals surface area contributed by atoms with Crippen molar-refractivity contribution >= 4 is 11.9 Å². The van der Waals surface area contributed by atoms with E-state index in [9.17, 15) is 19.8 Å². The van der Waals surface area contributed by atoms with Crippen molar-refractivity contribution < 1.29 is 24.5 Å². The highest BCUT2D eigenvalue weighted by atomic mass is 16.5. The van der Waals surface area contributed by atoms with Crippen LogP contribution in [0.3, 0.4) is 0 Å². The van der Waals surface area contributed by atoms with Crippen molar-refractivity contribution in [3.8, 4) is 0 Å². The van der Waals surface area contributed by atoms with Crippen LogP contribution in [0.25, 0.3) is 0 Å². The lowest BCUT2D eigenvalue weighted by atomic mass is 10.0. The van der Waals surface area contributed by atoms with Crippen LogP contribution in [0.15, 0.2) is 36.5 Å². The molecule has 3 N–H and O–H groups in total. The minimum atomic E-state index is -0.840. The Kier molecular flexibility index (Phi) is 65.9. The minimum Gasteiger partial charge on any atom is -0.466 e. The van der Waals surface area contributed by atoms with Crippen molar-refractivity contribution in [2.75, 3.05) is 13.2 Å². The van der Waals surface area contributed by atoms with E-state index in [0.29, 0.717) is 19.4 Å². The quantitative estimate of drug-likeness (QED) is 0.0320. The van der Waals surface area contributed by atoms with Crippen molar-refractivity contribution in [1.29, 1.82) is 0 Å². The number of amides is 1. The summed E-state index contributed by atoms with van der Waals surface area (Å²) in [5.74, 6) is -0.0518. The van der Waals surface area contributed by atoms with Crippen molar-refractivity contribution in [3.05, 3.63) is 36.5 Å². The maximum Gasteiger partial charge on any atom is 0.305 e. The topological polar surface area (TPSA) is 95.9 Å². The van der Waals surface area contributed by atoms with Crippen LogP contribution in [0.1, 0.15) is 386 Å². The third-order valence-electron chi connectivity index (χ3n) is 16.4. The molecule has 0 radical (unpaired) electrons. The molecule has 0 spiro atoms. The van der Waals surface area contributed by atoms with E-state index in [2.05, 4.69) is 43.5 Å². The summed E-state index contributed by atoms with van der Waals surface area (Å²) >= 11 is 0. The first kappa shape index (κ1) is 76.1. The molecule has 6 nitrogen and oxygen atoms in total. The van der Waals surface area contributed by atoms with Gasteiger partial charge in [0.05, 0.1) is 25.4 Å². The molecule has 0 heterocycles. The second-order valence-electron chi connectivity index (χ2n) is 24.2. The third-order valence-corrected chi connectivity index (χ3v) is 16.4. The van der Waals surface area contributed by atoms with Gasteiger partial charge in [0, 0.05) is 12.8 Å². The third kappa shape index (κ3) is 63.3. The normalized spacial score (nSPS) is 12.7. The molecule has 78 heavy (non-hydrogen) atoms. The second kappa shape index (κ2) is 67.6. The Morgan fingerprint density at radius 1 is 0.346 bits per heavy atom. The first-order valence-corrected chi connectivity index (χ1v) is 35.3. The maximum atomic E-state index is 12.4. The average Bonchev–Trinajstić information content (AvgIpc) is 3.44. The zero-order valence-electron chi connectivity index (χ0n) is 52.7. The van der Waals surface area contributed by atoms with Gasteiger partial charge in [-0.1, -0.05) is 326 Å². The molecule has 6 heteroatoms. The van der Waals surface area contributed by atoms with Crippen LogP contribution in [0.4, 0.5) is 0 Å². The van der Waals surface area contributed by atoms with E-state index in [-0.39, 0.29) is 18.5 Å². The summed E-state index contributed by atoms with van der Waals surface area (Å²) in [6, 6.07) is -0.623. The Balaban J connectivity index is 3.32. The Morgan fingerprint density at radius 2 is 0.603 bits per heavy atom. The van der Waals surface area contributed by atoms with Crippen molar-refractivity contribution in [2.45, 2.75) is 398 Å². The standard InChI is InChI=1S/C72H137NO5/c1-3-5-7-9-11-13-15-41-46-50-54-58-62-66-72(77)78-67-63-59-55-51-47-43-40-38-36-34-32-30-28-26-24-22-20-18-16-17-19-21-23-25-27-29-31-33-35-37-39-42-45-49-53-57-61-65-71(76)73-69(68-74)70(75)64-60-56-52-48-44-14-12-10-8-6-4-2/h13,15-16,18,60,64,69-70,74-75H,3-12,14,17,19-59,61-63,65-68H2,1-2H3,(H,73,76)/b15-13-,18-16-,64-60+. The number of ether oxygens (including phenoxy) is 1. The van der Waals surface area contributed by atoms with E-state index in [1.165, 1.54) is 315 Å². The number of unbranched alkanes of at least 4 members (excludes halogenated alkanes) is 51. The number of allylic oxidation sites excluding steroid dienone is 5. The van der Waals surface area contributed by atoms with Crippen LogP contribution in [0, 0.1) is 0 Å². The molecule has 0 aromatic carbocycles. The number of carbonyl (C=O) groups excluding carboxylic acids is 2. The summed E-state index contributed by atoms with van der Waals surface area (Å²) in [6.07, 6.45) is 86.8. The maximum absolute atomic E-state index is 12.4. The number of esters is 1. The van der Waals surface area contributed by atoms with Gasteiger partial charge in [0.2, 0.25) is 5.91 Å². The lowest BCUT2D eigenvalue weighted by Crippen LogP contribution is -2.45. The molecule has 0 saturated heterocycles. The van der Waals surface area contributed by atoms with Gasteiger partial charge in [0.15, 0.2) is 0 Å². The van der Waals surface area contributed by atoms with E-state index >= 15 is 0 Å². The van der Waals surface area contributed by atoms with E-state index in [0.717, 1.165) is 44.9 Å². The van der Waals surface area contributed by atoms with E-state index in [1.807, 2.05) is 6.08 Å². The van der Waals surface area contributed by atoms with Crippen molar-refractivity contribution in [1.82, 2.24) is 5.32 Å². The molecular weight excluding hydrogens is 959 g/mol. The van der Waals surface area contributed by atoms with E-state index in [4.69, 9.17) is 4.74 Å². The average molecular weight is 1100 g/mol. The lowest BCUT2D eigenvalue weighted by molar-refractivity contribution is -0.143. The minimum absolute atomic E-state index is 0.0121. The molecule has 2 unspecified atom stereocenters. The molecule has 0 saturated carbocycles. The molecular formula is C72H137NO5. The number of carbonyl (C=O) groups is 2. The predicted octanol–water partition coefficient (Wildman–Crippen LogP) is 22.7. The summed E-state index contributed by atoms with van der Waals surface area (Å²) in [5.41, 5.74) is 0. The largest absolute Gasteiger partial charge is 0.466 e. The van der Waals surface area contributed by atoms with Gasteiger partial charge in [-0.3, -0.25) is 9.59 Å². The lowest BCUT2D eigenvalue weighted by Gasteiger charge is -2.20. The van der Waals surface area contributed by atoms with Crippen LogP contribution in [-0.4, -0.2) is 47.4 Å². The summed E-state index contributed by atoms with van der Waals surface area (Å²) in [5, 5.41) is 23.1.